The van der Waals surface area contributed by atoms with E-state index in [-0.39, 0.29) is 22.1 Å². The largest absolute Gasteiger partial charge is 0.768 e. The summed E-state index contributed by atoms with van der Waals surface area (Å²) >= 11 is 0. The molecule has 99 valence electrons. The zero-order valence-electron chi connectivity index (χ0n) is 9.57. The first-order chi connectivity index (χ1) is 8.48. The quantitative estimate of drug-likeness (QED) is 0.718. The van der Waals surface area contributed by atoms with Crippen LogP contribution in [0, 0.1) is 11.0 Å². The third-order valence-corrected chi connectivity index (χ3v) is 4.33. The highest BCUT2D eigenvalue weighted by Gasteiger charge is 2.22. The molecule has 1 aromatic carbocycles. The van der Waals surface area contributed by atoms with Gasteiger partial charge < -0.3 is 25.1 Å². The average Bonchev–Trinajstić information content (AvgIpc) is 2.32. The molecule has 1 heterocycles. The van der Waals surface area contributed by atoms with E-state index in [4.69, 9.17) is 5.21 Å². The van der Waals surface area contributed by atoms with Crippen molar-refractivity contribution in [3.8, 4) is 0 Å². The van der Waals surface area contributed by atoms with E-state index in [9.17, 15) is 14.0 Å². The smallest absolute Gasteiger partial charge is 0.341 e. The second kappa shape index (κ2) is 5.11. The molecule has 3 N–H and O–H groups in total. The Morgan fingerprint density at radius 1 is 1.50 bits per heavy atom. The lowest BCUT2D eigenvalue weighted by molar-refractivity contribution is -0.729. The van der Waals surface area contributed by atoms with E-state index in [1.54, 1.807) is 17.1 Å². The van der Waals surface area contributed by atoms with E-state index in [1.807, 2.05) is 0 Å². The zero-order valence-corrected chi connectivity index (χ0v) is 10.4. The van der Waals surface area contributed by atoms with Crippen LogP contribution in [0.5, 0.6) is 0 Å². The maximum absolute atomic E-state index is 11.4. The second-order valence-electron chi connectivity index (χ2n) is 4.00. The maximum atomic E-state index is 11.4. The topological polar surface area (TPSA) is 98.9 Å². The number of nitrogens with one attached hydrogen (secondary N) is 1. The number of hydrogen-bond acceptors (Lipinski definition) is 5. The highest BCUT2D eigenvalue weighted by molar-refractivity contribution is 8.24. The molecule has 1 fully saturated rings. The molecular formula is C10H14N3O4S. The first-order valence-electron chi connectivity index (χ1n) is 5.38. The summed E-state index contributed by atoms with van der Waals surface area (Å²) in [5, 5.41) is 10.7. The summed E-state index contributed by atoms with van der Waals surface area (Å²) in [5.74, 6) is 0.378. The Morgan fingerprint density at radius 2 is 2.17 bits per heavy atom. The number of rotatable bonds is 3. The molecule has 0 unspecified atom stereocenters. The zero-order chi connectivity index (χ0) is 13.2. The summed E-state index contributed by atoms with van der Waals surface area (Å²) in [5.41, 5.74) is 3.42. The van der Waals surface area contributed by atoms with Gasteiger partial charge in [-0.2, -0.15) is 0 Å². The van der Waals surface area contributed by atoms with Crippen molar-refractivity contribution in [1.29, 1.82) is 0 Å². The Kier molecular flexibility index (Phi) is 3.71. The van der Waals surface area contributed by atoms with Gasteiger partial charge in [-0.3, -0.25) is 0 Å². The van der Waals surface area contributed by atoms with E-state index in [2.05, 4.69) is 11.5 Å². The lowest BCUT2D eigenvalue weighted by Gasteiger charge is -2.51. The third-order valence-electron chi connectivity index (χ3n) is 2.69. The van der Waals surface area contributed by atoms with Crippen molar-refractivity contribution in [2.45, 2.75) is 0 Å². The maximum Gasteiger partial charge on any atom is 0.341 e. The highest BCUT2D eigenvalue weighted by atomic mass is 32.3. The number of hydrogen-bond donors (Lipinski definition) is 3. The summed E-state index contributed by atoms with van der Waals surface area (Å²) in [7, 11) is -2.69. The summed E-state index contributed by atoms with van der Waals surface area (Å²) in [6.45, 7) is 0.801. The van der Waals surface area contributed by atoms with E-state index in [0.29, 0.717) is 18.8 Å². The van der Waals surface area contributed by atoms with Gasteiger partial charge in [-0.05, 0) is 12.1 Å². The van der Waals surface area contributed by atoms with Crippen molar-refractivity contribution in [1.82, 2.24) is 5.01 Å². The standard InChI is InChI=1S/C10H14N3O4S/c14-13(15)10-4-2-1-3-9(10)11-12-5-7-18(16,17)8-6-12/h1,3-4,11H,5-8H2,(H2-,14,15,16,17). The molecule has 7 nitrogen and oxygen atoms in total. The summed E-state index contributed by atoms with van der Waals surface area (Å²) in [6.07, 6.45) is 0. The molecule has 0 amide bonds. The molecule has 1 radical (unpaired) electrons. The van der Waals surface area contributed by atoms with Crippen LogP contribution in [0.4, 0.5) is 11.4 Å². The summed E-state index contributed by atoms with van der Waals surface area (Å²) < 4.78 is 20.7. The van der Waals surface area contributed by atoms with Gasteiger partial charge >= 0.3 is 5.69 Å². The van der Waals surface area contributed by atoms with Crippen LogP contribution >= 0.6 is 10.6 Å². The first kappa shape index (κ1) is 13.1. The van der Waals surface area contributed by atoms with Gasteiger partial charge in [0, 0.05) is 30.7 Å². The van der Waals surface area contributed by atoms with Crippen LogP contribution in [-0.4, -0.2) is 48.8 Å². The average molecular weight is 272 g/mol. The third kappa shape index (κ3) is 3.10. The van der Waals surface area contributed by atoms with Crippen LogP contribution in [0.3, 0.4) is 0 Å². The Balaban J connectivity index is 2.04. The molecular weight excluding hydrogens is 258 g/mol. The van der Waals surface area contributed by atoms with Gasteiger partial charge in [0.1, 0.15) is 5.69 Å². The molecule has 0 spiro atoms. The van der Waals surface area contributed by atoms with Crippen LogP contribution in [-0.2, 0) is 0 Å². The van der Waals surface area contributed by atoms with Crippen LogP contribution < -0.4 is 5.43 Å². The Bertz CT molecular complexity index is 445. The minimum atomic E-state index is -2.69. The first-order valence-corrected chi connectivity index (χ1v) is 7.23. The highest BCUT2D eigenvalue weighted by Crippen LogP contribution is 2.40. The predicted octanol–water partition coefficient (Wildman–Crippen LogP) is 1.34. The van der Waals surface area contributed by atoms with Gasteiger partial charge in [0.2, 0.25) is 0 Å². The number of nitrogens with zero attached hydrogens (tertiary/aromatic N) is 2. The number of hydrazine groups is 1. The Labute approximate surface area is 106 Å². The molecule has 0 saturated carbocycles. The van der Waals surface area contributed by atoms with Crippen LogP contribution in [0.2, 0.25) is 0 Å². The molecule has 8 heteroatoms. The minimum absolute atomic E-state index is 0.0489. The molecule has 0 bridgehead atoms. The molecule has 0 aromatic heterocycles. The molecule has 18 heavy (non-hydrogen) atoms. The van der Waals surface area contributed by atoms with Gasteiger partial charge in [-0.15, -0.1) is 0 Å². The van der Waals surface area contributed by atoms with Crippen molar-refractivity contribution in [2.24, 2.45) is 0 Å². The fourth-order valence-electron chi connectivity index (χ4n) is 1.68. The summed E-state index contributed by atoms with van der Waals surface area (Å²) in [6, 6.07) is 7.25. The van der Waals surface area contributed by atoms with Crippen molar-refractivity contribution in [2.75, 3.05) is 30.0 Å². The lowest BCUT2D eigenvalue weighted by Crippen LogP contribution is -2.41. The number of anilines is 1. The molecule has 0 aliphatic carbocycles. The van der Waals surface area contributed by atoms with Gasteiger partial charge in [0.25, 0.3) is 4.92 Å². The van der Waals surface area contributed by atoms with Crippen molar-refractivity contribution >= 4 is 22.0 Å². The molecule has 2 rings (SSSR count). The van der Waals surface area contributed by atoms with Crippen LogP contribution in [0.1, 0.15) is 0 Å². The lowest BCUT2D eigenvalue weighted by atomic mass is 10.3. The van der Waals surface area contributed by atoms with E-state index in [1.165, 1.54) is 6.07 Å². The van der Waals surface area contributed by atoms with E-state index < -0.39 is 10.6 Å². The van der Waals surface area contributed by atoms with Gasteiger partial charge in [0.15, 0.2) is 0 Å². The summed E-state index contributed by atoms with van der Waals surface area (Å²) in [4.78, 5) is 10.7. The van der Waals surface area contributed by atoms with Gasteiger partial charge in [-0.25, -0.2) is 10.2 Å². The van der Waals surface area contributed by atoms with E-state index >= 15 is 0 Å². The second-order valence-corrected chi connectivity index (χ2v) is 6.36. The monoisotopic (exact) mass is 272 g/mol. The minimum Gasteiger partial charge on any atom is -0.768 e. The molecule has 0 atom stereocenters. The van der Waals surface area contributed by atoms with Crippen molar-refractivity contribution < 1.29 is 19.2 Å². The Morgan fingerprint density at radius 3 is 2.78 bits per heavy atom. The predicted molar refractivity (Wildman–Crippen MR) is 66.3 cm³/mol. The molecule has 1 aliphatic rings. The fraction of sp³-hybridized carbons (Fsp3) is 0.400. The normalized spacial score (nSPS) is 21.2. The molecule has 1 aromatic rings. The van der Waals surface area contributed by atoms with Crippen molar-refractivity contribution in [3.63, 3.8) is 0 Å². The van der Waals surface area contributed by atoms with Crippen molar-refractivity contribution in [3.05, 3.63) is 29.2 Å². The van der Waals surface area contributed by atoms with E-state index in [0.717, 1.165) is 0 Å². The van der Waals surface area contributed by atoms with Crippen LogP contribution in [0.15, 0.2) is 18.2 Å². The molecule has 1 saturated heterocycles. The van der Waals surface area contributed by atoms with Crippen LogP contribution in [0.25, 0.3) is 0 Å². The fourth-order valence-corrected chi connectivity index (χ4v) is 2.89. The molecule has 1 aliphatic heterocycles. The van der Waals surface area contributed by atoms with Gasteiger partial charge in [0.05, 0.1) is 4.91 Å². The Hall–Kier alpha value is -1.35. The SMILES string of the molecule is O=[N+](O)c1c[c]ccc1NN1CCS([O-])(O)CC1. The van der Waals surface area contributed by atoms with Gasteiger partial charge in [-0.1, -0.05) is 6.07 Å². The number of benzene rings is 1.